The Hall–Kier alpha value is -2.40. The maximum Gasteiger partial charge on any atom is 0.265 e. The van der Waals surface area contributed by atoms with Crippen LogP contribution in [-0.2, 0) is 11.3 Å². The van der Waals surface area contributed by atoms with E-state index in [1.54, 1.807) is 19.1 Å². The topological polar surface area (TPSA) is 41.6 Å². The summed E-state index contributed by atoms with van der Waals surface area (Å²) in [7, 11) is 0. The van der Waals surface area contributed by atoms with E-state index in [-0.39, 0.29) is 11.7 Å². The maximum absolute atomic E-state index is 13.1. The molecule has 2 aromatic rings. The molecule has 0 aliphatic carbocycles. The minimum Gasteiger partial charge on any atom is -0.479 e. The van der Waals surface area contributed by atoms with Crippen LogP contribution in [0.2, 0.25) is 0 Å². The summed E-state index contributed by atoms with van der Waals surface area (Å²) in [5.74, 6) is 0.958. The van der Waals surface area contributed by atoms with Crippen LogP contribution in [0.3, 0.4) is 0 Å². The maximum atomic E-state index is 13.1. The van der Waals surface area contributed by atoms with E-state index in [9.17, 15) is 9.18 Å². The van der Waals surface area contributed by atoms with Gasteiger partial charge in [0.15, 0.2) is 6.10 Å². The van der Waals surface area contributed by atoms with Gasteiger partial charge in [-0.1, -0.05) is 18.2 Å². The second-order valence-electron chi connectivity index (χ2n) is 7.18. The zero-order valence-electron chi connectivity index (χ0n) is 14.9. The minimum absolute atomic E-state index is 0.102. The van der Waals surface area contributed by atoms with Gasteiger partial charge in [0, 0.05) is 6.54 Å². The van der Waals surface area contributed by atoms with Crippen molar-refractivity contribution < 1.29 is 13.9 Å². The van der Waals surface area contributed by atoms with Crippen molar-refractivity contribution in [3.8, 4) is 5.75 Å². The van der Waals surface area contributed by atoms with Crippen LogP contribution in [-0.4, -0.2) is 30.0 Å². The van der Waals surface area contributed by atoms with Crippen molar-refractivity contribution in [2.75, 3.05) is 18.4 Å². The van der Waals surface area contributed by atoms with Crippen molar-refractivity contribution in [1.29, 1.82) is 0 Å². The highest BCUT2D eigenvalue weighted by atomic mass is 19.1. The fourth-order valence-corrected chi connectivity index (χ4v) is 3.77. The summed E-state index contributed by atoms with van der Waals surface area (Å²) in [4.78, 5) is 14.2. The molecule has 0 aromatic heterocycles. The van der Waals surface area contributed by atoms with E-state index in [0.29, 0.717) is 5.92 Å². The third-order valence-electron chi connectivity index (χ3n) is 5.31. The molecule has 5 heteroatoms. The van der Waals surface area contributed by atoms with E-state index in [2.05, 4.69) is 16.3 Å². The van der Waals surface area contributed by atoms with Crippen molar-refractivity contribution in [2.45, 2.75) is 38.3 Å². The Bertz CT molecular complexity index is 798. The molecule has 136 valence electrons. The van der Waals surface area contributed by atoms with E-state index in [0.717, 1.165) is 43.9 Å². The van der Waals surface area contributed by atoms with Crippen molar-refractivity contribution in [3.05, 3.63) is 59.4 Å². The van der Waals surface area contributed by atoms with Gasteiger partial charge < -0.3 is 10.1 Å². The number of anilines is 1. The summed E-state index contributed by atoms with van der Waals surface area (Å²) >= 11 is 0. The van der Waals surface area contributed by atoms with Gasteiger partial charge in [0.05, 0.1) is 5.69 Å². The van der Waals surface area contributed by atoms with Crippen molar-refractivity contribution in [3.63, 3.8) is 0 Å². The largest absolute Gasteiger partial charge is 0.479 e. The molecule has 2 heterocycles. The molecular formula is C21H23FN2O2. The highest BCUT2D eigenvalue weighted by Gasteiger charge is 2.24. The predicted octanol–water partition coefficient (Wildman–Crippen LogP) is 3.92. The number of likely N-dealkylation sites (tertiary alicyclic amines) is 1. The average molecular weight is 354 g/mol. The van der Waals surface area contributed by atoms with E-state index in [1.807, 2.05) is 24.3 Å². The molecule has 1 unspecified atom stereocenters. The summed E-state index contributed by atoms with van der Waals surface area (Å²) in [6, 6.07) is 12.9. The molecule has 1 amide bonds. The number of carbonyl (C=O) groups excluding carboxylic acids is 1. The van der Waals surface area contributed by atoms with Crippen LogP contribution in [0.4, 0.5) is 10.1 Å². The number of hydrogen-bond acceptors (Lipinski definition) is 3. The molecule has 2 aliphatic heterocycles. The molecule has 1 fully saturated rings. The molecule has 26 heavy (non-hydrogen) atoms. The molecular weight excluding hydrogens is 331 g/mol. The molecule has 0 spiro atoms. The Kier molecular flexibility index (Phi) is 4.64. The number of benzene rings is 2. The molecule has 1 saturated heterocycles. The van der Waals surface area contributed by atoms with Gasteiger partial charge in [-0.2, -0.15) is 0 Å². The quantitative estimate of drug-likeness (QED) is 0.908. The third-order valence-corrected chi connectivity index (χ3v) is 5.31. The fraction of sp³-hybridized carbons (Fsp3) is 0.381. The van der Waals surface area contributed by atoms with E-state index in [1.165, 1.54) is 11.1 Å². The lowest BCUT2D eigenvalue weighted by atomic mass is 9.89. The Morgan fingerprint density at radius 1 is 1.15 bits per heavy atom. The molecule has 1 atom stereocenters. The number of fused-ring (bicyclic) bond motifs is 1. The first-order chi connectivity index (χ1) is 12.6. The van der Waals surface area contributed by atoms with Gasteiger partial charge in [0.2, 0.25) is 0 Å². The Labute approximate surface area is 153 Å². The van der Waals surface area contributed by atoms with Crippen LogP contribution >= 0.6 is 0 Å². The van der Waals surface area contributed by atoms with Crippen molar-refractivity contribution in [1.82, 2.24) is 4.90 Å². The second-order valence-corrected chi connectivity index (χ2v) is 7.18. The normalized spacial score (nSPS) is 21.0. The minimum atomic E-state index is -0.446. The zero-order chi connectivity index (χ0) is 18.1. The predicted molar refractivity (Wildman–Crippen MR) is 98.8 cm³/mol. The number of hydrogen-bond donors (Lipinski definition) is 1. The van der Waals surface area contributed by atoms with E-state index < -0.39 is 6.10 Å². The lowest BCUT2D eigenvalue weighted by molar-refractivity contribution is -0.122. The van der Waals surface area contributed by atoms with Gasteiger partial charge in [-0.25, -0.2) is 4.39 Å². The van der Waals surface area contributed by atoms with Crippen LogP contribution < -0.4 is 10.1 Å². The van der Waals surface area contributed by atoms with Gasteiger partial charge in [-0.15, -0.1) is 0 Å². The Morgan fingerprint density at radius 2 is 1.88 bits per heavy atom. The molecule has 0 saturated carbocycles. The van der Waals surface area contributed by atoms with Gasteiger partial charge in [-0.05, 0) is 74.2 Å². The number of halogens is 1. The summed E-state index contributed by atoms with van der Waals surface area (Å²) in [6.07, 6.45) is 1.71. The van der Waals surface area contributed by atoms with Crippen LogP contribution in [0.25, 0.3) is 0 Å². The number of nitrogens with one attached hydrogen (secondary N) is 1. The van der Waals surface area contributed by atoms with Crippen molar-refractivity contribution in [2.24, 2.45) is 0 Å². The number of ether oxygens (including phenoxy) is 1. The first kappa shape index (κ1) is 17.0. The number of piperidine rings is 1. The summed E-state index contributed by atoms with van der Waals surface area (Å²) in [6.45, 7) is 4.63. The van der Waals surface area contributed by atoms with E-state index in [4.69, 9.17) is 4.74 Å². The molecule has 0 radical (unpaired) electrons. The van der Waals surface area contributed by atoms with Gasteiger partial charge in [0.25, 0.3) is 5.91 Å². The molecule has 2 aromatic carbocycles. The Morgan fingerprint density at radius 3 is 2.62 bits per heavy atom. The van der Waals surface area contributed by atoms with Gasteiger partial charge >= 0.3 is 0 Å². The van der Waals surface area contributed by atoms with Crippen molar-refractivity contribution >= 4 is 11.6 Å². The number of amides is 1. The fourth-order valence-electron chi connectivity index (χ4n) is 3.77. The number of rotatable bonds is 3. The second kappa shape index (κ2) is 7.08. The molecule has 2 aliphatic rings. The molecule has 4 nitrogen and oxygen atoms in total. The number of carbonyl (C=O) groups is 1. The smallest absolute Gasteiger partial charge is 0.265 e. The zero-order valence-corrected chi connectivity index (χ0v) is 14.9. The lowest BCUT2D eigenvalue weighted by Gasteiger charge is -2.32. The first-order valence-corrected chi connectivity index (χ1v) is 9.17. The highest BCUT2D eigenvalue weighted by molar-refractivity contribution is 5.97. The third kappa shape index (κ3) is 3.58. The van der Waals surface area contributed by atoms with Crippen LogP contribution in [0, 0.1) is 5.82 Å². The average Bonchev–Trinajstić information content (AvgIpc) is 2.64. The molecule has 1 N–H and O–H groups in total. The van der Waals surface area contributed by atoms with Crippen LogP contribution in [0.15, 0.2) is 42.5 Å². The van der Waals surface area contributed by atoms with Crippen LogP contribution in [0.5, 0.6) is 5.75 Å². The molecule has 4 rings (SSSR count). The summed E-state index contributed by atoms with van der Waals surface area (Å²) in [5, 5.41) is 2.91. The van der Waals surface area contributed by atoms with Gasteiger partial charge in [-0.3, -0.25) is 9.69 Å². The Balaban J connectivity index is 1.37. The lowest BCUT2D eigenvalue weighted by Crippen LogP contribution is -2.35. The first-order valence-electron chi connectivity index (χ1n) is 9.17. The molecule has 0 bridgehead atoms. The summed E-state index contributed by atoms with van der Waals surface area (Å²) < 4.78 is 18.7. The standard InChI is InChI=1S/C21H23FN2O2/c1-14-21(25)23-19-12-15(2-7-20(19)26-14)13-24-10-8-17(9-11-24)16-3-5-18(22)6-4-16/h2-7,12,14,17H,8-11,13H2,1H3,(H,23,25). The highest BCUT2D eigenvalue weighted by Crippen LogP contribution is 2.32. The van der Waals surface area contributed by atoms with Gasteiger partial charge in [0.1, 0.15) is 11.6 Å². The number of nitrogens with zero attached hydrogens (tertiary/aromatic N) is 1. The van der Waals surface area contributed by atoms with E-state index >= 15 is 0 Å². The monoisotopic (exact) mass is 354 g/mol. The van der Waals surface area contributed by atoms with Crippen LogP contribution in [0.1, 0.15) is 36.8 Å². The summed E-state index contributed by atoms with van der Waals surface area (Å²) in [5.41, 5.74) is 3.16. The SMILES string of the molecule is CC1Oc2ccc(CN3CCC(c4ccc(F)cc4)CC3)cc2NC1=O.